The molecule has 2 aromatic carbocycles. The third-order valence-electron chi connectivity index (χ3n) is 3.95. The summed E-state index contributed by atoms with van der Waals surface area (Å²) >= 11 is 5.96. The van der Waals surface area contributed by atoms with Gasteiger partial charge in [-0.05, 0) is 55.3 Å². The molecule has 0 aromatic heterocycles. The Hall–Kier alpha value is -2.04. The molecule has 0 aliphatic rings. The van der Waals surface area contributed by atoms with Gasteiger partial charge in [0.15, 0.2) is 0 Å². The normalized spacial score (nSPS) is 13.2. The van der Waals surface area contributed by atoms with E-state index in [1.54, 1.807) is 0 Å². The fourth-order valence-electron chi connectivity index (χ4n) is 2.14. The first kappa shape index (κ1) is 18.3. The largest absolute Gasteiger partial charge is 0.489 e. The molecule has 4 nitrogen and oxygen atoms in total. The second-order valence-electron chi connectivity index (χ2n) is 6.03. The maximum Gasteiger partial charge on any atom is 0.228 e. The zero-order chi connectivity index (χ0) is 17.7. The minimum atomic E-state index is -0.247. The Morgan fingerprint density at radius 1 is 1.25 bits per heavy atom. The van der Waals surface area contributed by atoms with Gasteiger partial charge in [0.05, 0.1) is 5.92 Å². The molecule has 3 N–H and O–H groups in total. The molecule has 24 heavy (non-hydrogen) atoms. The first-order valence-electron chi connectivity index (χ1n) is 7.91. The molecule has 0 saturated carbocycles. The number of hydrogen-bond donors (Lipinski definition) is 2. The highest BCUT2D eigenvalue weighted by atomic mass is 35.5. The zero-order valence-corrected chi connectivity index (χ0v) is 14.9. The van der Waals surface area contributed by atoms with Crippen LogP contribution in [0.15, 0.2) is 42.5 Å². The van der Waals surface area contributed by atoms with Crippen LogP contribution in [0.5, 0.6) is 5.75 Å². The summed E-state index contributed by atoms with van der Waals surface area (Å²) in [5.74, 6) is 0.412. The number of nitrogens with one attached hydrogen (secondary N) is 1. The molecule has 0 fully saturated rings. The van der Waals surface area contributed by atoms with Crippen LogP contribution in [0.1, 0.15) is 25.0 Å². The molecule has 128 valence electrons. The van der Waals surface area contributed by atoms with E-state index in [4.69, 9.17) is 22.1 Å². The summed E-state index contributed by atoms with van der Waals surface area (Å²) in [7, 11) is 0. The Labute approximate surface area is 148 Å². The summed E-state index contributed by atoms with van der Waals surface area (Å²) in [6.07, 6.45) is 0. The van der Waals surface area contributed by atoms with Crippen LogP contribution in [0.2, 0.25) is 5.02 Å². The lowest BCUT2D eigenvalue weighted by Crippen LogP contribution is -2.34. The Balaban J connectivity index is 2.00. The second kappa shape index (κ2) is 8.18. The maximum absolute atomic E-state index is 12.1. The van der Waals surface area contributed by atoms with Crippen molar-refractivity contribution in [1.29, 1.82) is 0 Å². The molecule has 2 rings (SSSR count). The lowest BCUT2D eigenvalue weighted by molar-refractivity contribution is -0.119. The van der Waals surface area contributed by atoms with E-state index < -0.39 is 0 Å². The molecule has 0 aliphatic carbocycles. The van der Waals surface area contributed by atoms with Crippen molar-refractivity contribution in [2.45, 2.75) is 33.4 Å². The fraction of sp³-hybridized carbons (Fsp3) is 0.316. The molecule has 2 unspecified atom stereocenters. The van der Waals surface area contributed by atoms with E-state index in [-0.39, 0.29) is 17.9 Å². The highest BCUT2D eigenvalue weighted by molar-refractivity contribution is 6.30. The van der Waals surface area contributed by atoms with Gasteiger partial charge < -0.3 is 15.8 Å². The van der Waals surface area contributed by atoms with E-state index in [1.807, 2.05) is 63.2 Å². The van der Waals surface area contributed by atoms with Crippen molar-refractivity contribution >= 4 is 23.2 Å². The zero-order valence-electron chi connectivity index (χ0n) is 14.2. The average molecular weight is 347 g/mol. The number of hydrogen-bond acceptors (Lipinski definition) is 3. The van der Waals surface area contributed by atoms with Crippen LogP contribution in [0.4, 0.5) is 5.69 Å². The van der Waals surface area contributed by atoms with E-state index in [9.17, 15) is 4.79 Å². The Morgan fingerprint density at radius 2 is 2.00 bits per heavy atom. The van der Waals surface area contributed by atoms with Gasteiger partial charge in [-0.15, -0.1) is 0 Å². The van der Waals surface area contributed by atoms with Crippen molar-refractivity contribution in [3.05, 3.63) is 58.6 Å². The number of ether oxygens (including phenoxy) is 1. The van der Waals surface area contributed by atoms with Crippen LogP contribution in [0.3, 0.4) is 0 Å². The number of amides is 1. The van der Waals surface area contributed by atoms with Crippen LogP contribution in [-0.4, -0.2) is 11.9 Å². The minimum Gasteiger partial charge on any atom is -0.489 e. The molecular formula is C19H23ClN2O2. The molecule has 5 heteroatoms. The number of nitrogens with two attached hydrogens (primary N) is 1. The van der Waals surface area contributed by atoms with E-state index in [1.165, 1.54) is 0 Å². The molecule has 0 heterocycles. The Kier molecular flexibility index (Phi) is 6.23. The molecule has 2 atom stereocenters. The maximum atomic E-state index is 12.1. The highest BCUT2D eigenvalue weighted by Crippen LogP contribution is 2.23. The molecule has 0 bridgehead atoms. The topological polar surface area (TPSA) is 64.3 Å². The van der Waals surface area contributed by atoms with Gasteiger partial charge in [0.1, 0.15) is 12.4 Å². The molecule has 0 radical (unpaired) electrons. The first-order chi connectivity index (χ1) is 11.4. The van der Waals surface area contributed by atoms with Gasteiger partial charge in [0.25, 0.3) is 0 Å². The van der Waals surface area contributed by atoms with Crippen LogP contribution in [0, 0.1) is 12.8 Å². The first-order valence-corrected chi connectivity index (χ1v) is 8.29. The van der Waals surface area contributed by atoms with Crippen molar-refractivity contribution in [2.24, 2.45) is 11.7 Å². The van der Waals surface area contributed by atoms with Gasteiger partial charge in [-0.3, -0.25) is 4.79 Å². The van der Waals surface area contributed by atoms with E-state index >= 15 is 0 Å². The predicted molar refractivity (Wildman–Crippen MR) is 98.4 cm³/mol. The summed E-state index contributed by atoms with van der Waals surface area (Å²) in [5.41, 5.74) is 8.47. The number of rotatable bonds is 6. The van der Waals surface area contributed by atoms with Gasteiger partial charge in [-0.2, -0.15) is 0 Å². The summed E-state index contributed by atoms with van der Waals surface area (Å²) in [6.45, 7) is 6.01. The Bertz CT molecular complexity index is 716. The number of halogens is 1. The summed E-state index contributed by atoms with van der Waals surface area (Å²) < 4.78 is 5.78. The van der Waals surface area contributed by atoms with E-state index in [0.29, 0.717) is 11.6 Å². The number of carbonyl (C=O) groups is 1. The number of carbonyl (C=O) groups excluding carboxylic acids is 1. The number of anilines is 1. The standard InChI is InChI=1S/C19H23ClN2O2/c1-12-9-17(24-11-15-5-4-6-16(20)10-15)7-8-18(12)22-19(23)13(2)14(3)21/h4-10,13-14H,11,21H2,1-3H3,(H,22,23). The molecule has 2 aromatic rings. The van der Waals surface area contributed by atoms with Gasteiger partial charge >= 0.3 is 0 Å². The van der Waals surface area contributed by atoms with Crippen molar-refractivity contribution in [1.82, 2.24) is 0 Å². The van der Waals surface area contributed by atoms with Crippen LogP contribution in [-0.2, 0) is 11.4 Å². The number of aryl methyl sites for hydroxylation is 1. The predicted octanol–water partition coefficient (Wildman–Crippen LogP) is 4.15. The third-order valence-corrected chi connectivity index (χ3v) is 4.19. The summed E-state index contributed by atoms with van der Waals surface area (Å²) in [6, 6.07) is 12.9. The molecule has 0 spiro atoms. The lowest BCUT2D eigenvalue weighted by Gasteiger charge is -2.17. The third kappa shape index (κ3) is 4.98. The molecule has 0 saturated heterocycles. The highest BCUT2D eigenvalue weighted by Gasteiger charge is 2.17. The van der Waals surface area contributed by atoms with Crippen molar-refractivity contribution in [3.63, 3.8) is 0 Å². The Morgan fingerprint density at radius 3 is 2.62 bits per heavy atom. The van der Waals surface area contributed by atoms with Crippen LogP contribution < -0.4 is 15.8 Å². The summed E-state index contributed by atoms with van der Waals surface area (Å²) in [4.78, 5) is 12.1. The minimum absolute atomic E-state index is 0.0827. The van der Waals surface area contributed by atoms with E-state index in [2.05, 4.69) is 5.32 Å². The molecular weight excluding hydrogens is 324 g/mol. The number of benzene rings is 2. The quantitative estimate of drug-likeness (QED) is 0.825. The second-order valence-corrected chi connectivity index (χ2v) is 6.47. The van der Waals surface area contributed by atoms with Crippen LogP contribution in [0.25, 0.3) is 0 Å². The van der Waals surface area contributed by atoms with Crippen LogP contribution >= 0.6 is 11.6 Å². The smallest absolute Gasteiger partial charge is 0.228 e. The van der Waals surface area contributed by atoms with Gasteiger partial charge in [-0.25, -0.2) is 0 Å². The van der Waals surface area contributed by atoms with Gasteiger partial charge in [0, 0.05) is 16.8 Å². The summed E-state index contributed by atoms with van der Waals surface area (Å²) in [5, 5.41) is 3.60. The van der Waals surface area contributed by atoms with Crippen molar-refractivity contribution in [3.8, 4) is 5.75 Å². The SMILES string of the molecule is Cc1cc(OCc2cccc(Cl)c2)ccc1NC(=O)C(C)C(C)N. The monoisotopic (exact) mass is 346 g/mol. The fourth-order valence-corrected chi connectivity index (χ4v) is 2.36. The average Bonchev–Trinajstić information content (AvgIpc) is 2.54. The lowest BCUT2D eigenvalue weighted by atomic mass is 10.0. The molecule has 1 amide bonds. The van der Waals surface area contributed by atoms with Gasteiger partial charge in [0.2, 0.25) is 5.91 Å². The van der Waals surface area contributed by atoms with Crippen molar-refractivity contribution in [2.75, 3.05) is 5.32 Å². The van der Waals surface area contributed by atoms with Crippen molar-refractivity contribution < 1.29 is 9.53 Å². The van der Waals surface area contributed by atoms with Gasteiger partial charge in [-0.1, -0.05) is 30.7 Å². The van der Waals surface area contributed by atoms with E-state index in [0.717, 1.165) is 22.6 Å². The molecule has 0 aliphatic heterocycles.